The van der Waals surface area contributed by atoms with Crippen LogP contribution in [0.2, 0.25) is 0 Å². The van der Waals surface area contributed by atoms with E-state index < -0.39 is 33.7 Å². The standard InChI is InChI=1S/C24H24N2O6S/c27-21-16-5-1-2-6-17(16)22(28)20-18(21)13-19(23(29)24(20)30)25-33(31,32)15-9-7-14(8-10-15)26-11-3-4-12-26/h1-2,5-10,13,21-22,25,27-30H,3-4,11-12H2. The summed E-state index contributed by atoms with van der Waals surface area (Å²) in [5, 5.41) is 42.7. The smallest absolute Gasteiger partial charge is 0.262 e. The normalized spacial score (nSPS) is 19.8. The Morgan fingerprint density at radius 3 is 2.06 bits per heavy atom. The first-order chi connectivity index (χ1) is 15.8. The molecule has 0 amide bonds. The second-order valence-electron chi connectivity index (χ2n) is 8.35. The third kappa shape index (κ3) is 3.58. The topological polar surface area (TPSA) is 130 Å². The molecule has 0 spiro atoms. The quantitative estimate of drug-likeness (QED) is 0.372. The number of rotatable bonds is 4. The third-order valence-electron chi connectivity index (χ3n) is 6.36. The minimum absolute atomic E-state index is 0.00649. The van der Waals surface area contributed by atoms with Gasteiger partial charge in [0.1, 0.15) is 12.2 Å². The highest BCUT2D eigenvalue weighted by Crippen LogP contribution is 2.50. The predicted molar refractivity (Wildman–Crippen MR) is 123 cm³/mol. The molecule has 1 heterocycles. The number of hydrogen-bond donors (Lipinski definition) is 5. The summed E-state index contributed by atoms with van der Waals surface area (Å²) in [6, 6.07) is 14.3. The molecule has 5 rings (SSSR count). The molecule has 172 valence electrons. The van der Waals surface area contributed by atoms with E-state index in [2.05, 4.69) is 9.62 Å². The molecule has 1 fully saturated rings. The van der Waals surface area contributed by atoms with Gasteiger partial charge in [-0.25, -0.2) is 8.42 Å². The second-order valence-corrected chi connectivity index (χ2v) is 10.0. The molecule has 0 bridgehead atoms. The van der Waals surface area contributed by atoms with E-state index in [1.807, 2.05) is 0 Å². The van der Waals surface area contributed by atoms with Crippen LogP contribution in [0.4, 0.5) is 11.4 Å². The molecule has 2 atom stereocenters. The second kappa shape index (κ2) is 7.95. The summed E-state index contributed by atoms with van der Waals surface area (Å²) in [6.45, 7) is 1.87. The average molecular weight is 469 g/mol. The number of sulfonamides is 1. The van der Waals surface area contributed by atoms with Crippen molar-refractivity contribution in [2.45, 2.75) is 29.9 Å². The van der Waals surface area contributed by atoms with Gasteiger partial charge in [0.15, 0.2) is 11.5 Å². The number of fused-ring (bicyclic) bond motifs is 2. The molecule has 9 heteroatoms. The monoisotopic (exact) mass is 468 g/mol. The van der Waals surface area contributed by atoms with E-state index in [1.54, 1.807) is 36.4 Å². The minimum Gasteiger partial charge on any atom is -0.504 e. The summed E-state index contributed by atoms with van der Waals surface area (Å²) in [5.74, 6) is -1.41. The zero-order chi connectivity index (χ0) is 23.3. The van der Waals surface area contributed by atoms with Gasteiger partial charge in [0.25, 0.3) is 10.0 Å². The van der Waals surface area contributed by atoms with Crippen molar-refractivity contribution in [3.05, 3.63) is 76.9 Å². The number of nitrogens with zero attached hydrogens (tertiary/aromatic N) is 1. The largest absolute Gasteiger partial charge is 0.504 e. The minimum atomic E-state index is -4.09. The molecule has 1 saturated heterocycles. The van der Waals surface area contributed by atoms with Crippen molar-refractivity contribution >= 4 is 21.4 Å². The summed E-state index contributed by atoms with van der Waals surface area (Å²) in [5.41, 5.74) is 1.54. The highest BCUT2D eigenvalue weighted by molar-refractivity contribution is 7.92. The van der Waals surface area contributed by atoms with Gasteiger partial charge in [-0.2, -0.15) is 0 Å². The lowest BCUT2D eigenvalue weighted by atomic mass is 9.81. The Kier molecular flexibility index (Phi) is 5.19. The highest BCUT2D eigenvalue weighted by atomic mass is 32.2. The molecule has 0 saturated carbocycles. The van der Waals surface area contributed by atoms with Crippen LogP contribution in [-0.4, -0.2) is 41.9 Å². The number of nitrogens with one attached hydrogen (secondary N) is 1. The molecule has 1 aliphatic heterocycles. The molecule has 1 aliphatic carbocycles. The van der Waals surface area contributed by atoms with Crippen LogP contribution in [0, 0.1) is 0 Å². The summed E-state index contributed by atoms with van der Waals surface area (Å²) in [6.07, 6.45) is -0.287. The van der Waals surface area contributed by atoms with Crippen LogP contribution in [-0.2, 0) is 10.0 Å². The summed E-state index contributed by atoms with van der Waals surface area (Å²) in [7, 11) is -4.09. The van der Waals surface area contributed by atoms with Crippen molar-refractivity contribution in [1.29, 1.82) is 0 Å². The van der Waals surface area contributed by atoms with E-state index in [0.717, 1.165) is 31.6 Å². The average Bonchev–Trinajstić information content (AvgIpc) is 3.35. The Bertz CT molecular complexity index is 1320. The fourth-order valence-electron chi connectivity index (χ4n) is 4.63. The van der Waals surface area contributed by atoms with Crippen LogP contribution in [0.5, 0.6) is 11.5 Å². The molecule has 33 heavy (non-hydrogen) atoms. The fraction of sp³-hybridized carbons (Fsp3) is 0.250. The first-order valence-electron chi connectivity index (χ1n) is 10.7. The lowest BCUT2D eigenvalue weighted by Crippen LogP contribution is -2.20. The van der Waals surface area contributed by atoms with Crippen molar-refractivity contribution in [2.24, 2.45) is 0 Å². The first-order valence-corrected chi connectivity index (χ1v) is 12.2. The Morgan fingerprint density at radius 1 is 0.818 bits per heavy atom. The van der Waals surface area contributed by atoms with Crippen molar-refractivity contribution in [2.75, 3.05) is 22.7 Å². The fourth-order valence-corrected chi connectivity index (χ4v) is 5.69. The number of benzene rings is 3. The van der Waals surface area contributed by atoms with Gasteiger partial charge >= 0.3 is 0 Å². The van der Waals surface area contributed by atoms with Crippen molar-refractivity contribution in [3.8, 4) is 11.5 Å². The van der Waals surface area contributed by atoms with E-state index in [4.69, 9.17) is 0 Å². The Morgan fingerprint density at radius 2 is 1.42 bits per heavy atom. The van der Waals surface area contributed by atoms with Crippen LogP contribution in [0.15, 0.2) is 59.5 Å². The lowest BCUT2D eigenvalue weighted by Gasteiger charge is -2.30. The predicted octanol–water partition coefficient (Wildman–Crippen LogP) is 2.98. The zero-order valence-electron chi connectivity index (χ0n) is 17.6. The molecule has 0 radical (unpaired) electrons. The van der Waals surface area contributed by atoms with Crippen LogP contribution < -0.4 is 9.62 Å². The van der Waals surface area contributed by atoms with E-state index in [9.17, 15) is 28.8 Å². The van der Waals surface area contributed by atoms with E-state index in [-0.39, 0.29) is 21.7 Å². The maximum atomic E-state index is 13.0. The van der Waals surface area contributed by atoms with Crippen molar-refractivity contribution < 1.29 is 28.8 Å². The molecular weight excluding hydrogens is 444 g/mol. The van der Waals surface area contributed by atoms with Gasteiger partial charge in [-0.05, 0) is 59.9 Å². The third-order valence-corrected chi connectivity index (χ3v) is 7.74. The summed E-state index contributed by atoms with van der Waals surface area (Å²) in [4.78, 5) is 2.18. The number of aliphatic hydroxyl groups excluding tert-OH is 2. The molecule has 2 unspecified atom stereocenters. The Balaban J connectivity index is 1.49. The van der Waals surface area contributed by atoms with E-state index >= 15 is 0 Å². The molecule has 0 aromatic heterocycles. The number of phenols is 2. The van der Waals surface area contributed by atoms with Crippen molar-refractivity contribution in [1.82, 2.24) is 0 Å². The van der Waals surface area contributed by atoms with Gasteiger partial charge in [-0.15, -0.1) is 0 Å². The van der Waals surface area contributed by atoms with Crippen LogP contribution in [0.25, 0.3) is 0 Å². The van der Waals surface area contributed by atoms with Gasteiger partial charge in [-0.1, -0.05) is 24.3 Å². The van der Waals surface area contributed by atoms with Gasteiger partial charge < -0.3 is 25.3 Å². The molecule has 2 aliphatic rings. The number of aromatic hydroxyl groups is 2. The zero-order valence-corrected chi connectivity index (χ0v) is 18.5. The van der Waals surface area contributed by atoms with Gasteiger partial charge in [0.2, 0.25) is 0 Å². The SMILES string of the molecule is O=S(=O)(Nc1cc2c(c(O)c1O)C(O)c1ccccc1C2O)c1ccc(N2CCCC2)cc1. The van der Waals surface area contributed by atoms with E-state index in [0.29, 0.717) is 11.1 Å². The Hall–Kier alpha value is -3.27. The number of hydrogen-bond acceptors (Lipinski definition) is 7. The van der Waals surface area contributed by atoms with Gasteiger partial charge in [0.05, 0.1) is 10.6 Å². The van der Waals surface area contributed by atoms with Gasteiger partial charge in [-0.3, -0.25) is 4.72 Å². The molecule has 3 aromatic rings. The maximum absolute atomic E-state index is 13.0. The highest BCUT2D eigenvalue weighted by Gasteiger charge is 2.35. The van der Waals surface area contributed by atoms with E-state index in [1.165, 1.54) is 18.2 Å². The van der Waals surface area contributed by atoms with Crippen LogP contribution in [0.1, 0.15) is 47.3 Å². The van der Waals surface area contributed by atoms with Crippen LogP contribution >= 0.6 is 0 Å². The Labute approximate surface area is 191 Å². The maximum Gasteiger partial charge on any atom is 0.262 e. The molecule has 3 aromatic carbocycles. The summed E-state index contributed by atoms with van der Waals surface area (Å²) < 4.78 is 28.3. The van der Waals surface area contributed by atoms with Crippen LogP contribution in [0.3, 0.4) is 0 Å². The van der Waals surface area contributed by atoms with Crippen molar-refractivity contribution in [3.63, 3.8) is 0 Å². The number of anilines is 2. The number of aliphatic hydroxyl groups is 2. The first kappa shape index (κ1) is 21.6. The molecular formula is C24H24N2O6S. The summed E-state index contributed by atoms with van der Waals surface area (Å²) >= 11 is 0. The lowest BCUT2D eigenvalue weighted by molar-refractivity contribution is 0.169. The molecule has 5 N–H and O–H groups in total. The molecule has 8 nitrogen and oxygen atoms in total. The number of phenolic OH excluding ortho intramolecular Hbond substituents is 2. The van der Waals surface area contributed by atoms with Gasteiger partial charge in [0, 0.05) is 24.3 Å².